The largest absolute Gasteiger partial charge is 0.489 e. The fourth-order valence-corrected chi connectivity index (χ4v) is 5.58. The second kappa shape index (κ2) is 14.0. The fraction of sp³-hybridized carbons (Fsp3) is 0.567. The van der Waals surface area contributed by atoms with Crippen LogP contribution in [0.4, 0.5) is 10.5 Å². The number of sulfonamides is 1. The summed E-state index contributed by atoms with van der Waals surface area (Å²) in [5.74, 6) is 0.294. The predicted octanol–water partition coefficient (Wildman–Crippen LogP) is 5.60. The van der Waals surface area contributed by atoms with Gasteiger partial charge in [0, 0.05) is 24.7 Å². The Balaban J connectivity index is 1.86. The molecule has 11 heteroatoms. The zero-order chi connectivity index (χ0) is 30.3. The van der Waals surface area contributed by atoms with Gasteiger partial charge in [0.15, 0.2) is 0 Å². The molecule has 1 aliphatic rings. The number of hydrogen-bond donors (Lipinski definition) is 1. The molecular weight excluding hydrogens is 546 g/mol. The van der Waals surface area contributed by atoms with Crippen LogP contribution < -0.4 is 9.46 Å². The third-order valence-corrected chi connectivity index (χ3v) is 7.61. The van der Waals surface area contributed by atoms with Gasteiger partial charge in [0.2, 0.25) is 10.0 Å². The maximum absolute atomic E-state index is 12.5. The van der Waals surface area contributed by atoms with E-state index in [0.717, 1.165) is 37.5 Å². The van der Waals surface area contributed by atoms with E-state index in [1.807, 2.05) is 39.8 Å². The number of amides is 1. The lowest BCUT2D eigenvalue weighted by molar-refractivity contribution is -0.154. The Bertz CT molecular complexity index is 1340. The maximum atomic E-state index is 12.5. The van der Waals surface area contributed by atoms with Crippen LogP contribution in [0.1, 0.15) is 69.7 Å². The van der Waals surface area contributed by atoms with E-state index in [1.54, 1.807) is 26.1 Å². The number of rotatable bonds is 11. The van der Waals surface area contributed by atoms with E-state index in [0.29, 0.717) is 46.9 Å². The summed E-state index contributed by atoms with van der Waals surface area (Å²) in [6.45, 7) is 9.82. The van der Waals surface area contributed by atoms with E-state index in [9.17, 15) is 18.0 Å². The van der Waals surface area contributed by atoms with Gasteiger partial charge in [0.1, 0.15) is 12.4 Å². The number of carbonyl (C=O) groups excluding carboxylic acids is 2. The van der Waals surface area contributed by atoms with E-state index in [-0.39, 0.29) is 30.7 Å². The first-order valence-corrected chi connectivity index (χ1v) is 16.0. The maximum Gasteiger partial charge on any atom is 0.409 e. The second-order valence-electron chi connectivity index (χ2n) is 11.0. The van der Waals surface area contributed by atoms with Crippen LogP contribution in [0.15, 0.2) is 24.3 Å². The summed E-state index contributed by atoms with van der Waals surface area (Å²) in [6.07, 6.45) is 4.30. The molecule has 1 heterocycles. The van der Waals surface area contributed by atoms with Crippen LogP contribution in [-0.4, -0.2) is 62.4 Å². The number of benzene rings is 1. The number of carbonyl (C=O) groups is 2. The van der Waals surface area contributed by atoms with Gasteiger partial charge in [-0.3, -0.25) is 9.52 Å². The molecule has 1 saturated carbocycles. The number of nitrogens with one attached hydrogen (secondary N) is 1. The van der Waals surface area contributed by atoms with Crippen LogP contribution in [0, 0.1) is 19.8 Å². The first-order chi connectivity index (χ1) is 19.3. The molecule has 0 radical (unpaired) electrons. The minimum Gasteiger partial charge on any atom is -0.489 e. The second-order valence-corrected chi connectivity index (χ2v) is 12.7. The van der Waals surface area contributed by atoms with Crippen LogP contribution in [0.5, 0.6) is 5.75 Å². The molecule has 0 bridgehead atoms. The SMILES string of the molecule is CCCN(C)C(=O)OCc1c(-c2ccc(O[C@H]3CCC[C@H](C(=O)OC(C)C)C3)c(C)n2)ccc(NS(C)(=O)=O)c1C. The molecular formula is C30H43N3O7S. The molecule has 0 saturated heterocycles. The van der Waals surface area contributed by atoms with Crippen LogP contribution in [0.3, 0.4) is 0 Å². The lowest BCUT2D eigenvalue weighted by Crippen LogP contribution is -2.31. The Kier molecular flexibility index (Phi) is 11.0. The molecule has 3 rings (SSSR count). The average Bonchev–Trinajstić information content (AvgIpc) is 2.89. The van der Waals surface area contributed by atoms with Gasteiger partial charge in [-0.2, -0.15) is 0 Å². The van der Waals surface area contributed by atoms with Crippen molar-refractivity contribution in [3.63, 3.8) is 0 Å². The number of anilines is 1. The summed E-state index contributed by atoms with van der Waals surface area (Å²) < 4.78 is 43.7. The number of esters is 1. The Morgan fingerprint density at radius 3 is 2.51 bits per heavy atom. The smallest absolute Gasteiger partial charge is 0.409 e. The molecule has 1 aliphatic carbocycles. The van der Waals surface area contributed by atoms with E-state index < -0.39 is 16.1 Å². The summed E-state index contributed by atoms with van der Waals surface area (Å²) in [4.78, 5) is 31.2. The molecule has 1 fully saturated rings. The fourth-order valence-electron chi connectivity index (χ4n) is 4.96. The first kappa shape index (κ1) is 32.2. The summed E-state index contributed by atoms with van der Waals surface area (Å²) in [7, 11) is -1.84. The molecule has 41 heavy (non-hydrogen) atoms. The minimum absolute atomic E-state index is 0.0533. The molecule has 1 aromatic carbocycles. The van der Waals surface area contributed by atoms with Gasteiger partial charge >= 0.3 is 12.1 Å². The molecule has 0 unspecified atom stereocenters. The van der Waals surface area contributed by atoms with Crippen LogP contribution >= 0.6 is 0 Å². The normalized spacial score (nSPS) is 17.2. The number of nitrogens with zero attached hydrogens (tertiary/aromatic N) is 2. The molecule has 2 aromatic rings. The molecule has 0 aliphatic heterocycles. The minimum atomic E-state index is -3.52. The average molecular weight is 590 g/mol. The summed E-state index contributed by atoms with van der Waals surface area (Å²) in [5.41, 5.74) is 3.73. The zero-order valence-electron chi connectivity index (χ0n) is 25.2. The third kappa shape index (κ3) is 9.08. The third-order valence-electron chi connectivity index (χ3n) is 7.02. The van der Waals surface area contributed by atoms with Crippen molar-refractivity contribution in [1.82, 2.24) is 9.88 Å². The van der Waals surface area contributed by atoms with Gasteiger partial charge in [-0.05, 0) is 83.6 Å². The number of aromatic nitrogens is 1. The Hall–Kier alpha value is -3.34. The molecule has 2 atom stereocenters. The van der Waals surface area contributed by atoms with Crippen molar-refractivity contribution in [3.05, 3.63) is 41.1 Å². The quantitative estimate of drug-likeness (QED) is 0.336. The first-order valence-electron chi connectivity index (χ1n) is 14.1. The van der Waals surface area contributed by atoms with Gasteiger partial charge < -0.3 is 19.1 Å². The Morgan fingerprint density at radius 2 is 1.88 bits per heavy atom. The molecule has 1 aromatic heterocycles. The van der Waals surface area contributed by atoms with Crippen molar-refractivity contribution >= 4 is 27.8 Å². The van der Waals surface area contributed by atoms with E-state index in [4.69, 9.17) is 19.2 Å². The lowest BCUT2D eigenvalue weighted by atomic mass is 9.87. The summed E-state index contributed by atoms with van der Waals surface area (Å²) >= 11 is 0. The highest BCUT2D eigenvalue weighted by Crippen LogP contribution is 2.34. The molecule has 226 valence electrons. The molecule has 1 amide bonds. The molecule has 1 N–H and O–H groups in total. The Labute approximate surface area is 243 Å². The van der Waals surface area contributed by atoms with Gasteiger partial charge in [-0.25, -0.2) is 18.2 Å². The highest BCUT2D eigenvalue weighted by Gasteiger charge is 2.30. The highest BCUT2D eigenvalue weighted by atomic mass is 32.2. The van der Waals surface area contributed by atoms with E-state index in [2.05, 4.69) is 4.72 Å². The lowest BCUT2D eigenvalue weighted by Gasteiger charge is -2.29. The van der Waals surface area contributed by atoms with Gasteiger partial charge in [-0.1, -0.05) is 13.0 Å². The van der Waals surface area contributed by atoms with Crippen LogP contribution in [0.25, 0.3) is 11.3 Å². The molecule has 10 nitrogen and oxygen atoms in total. The highest BCUT2D eigenvalue weighted by molar-refractivity contribution is 7.92. The van der Waals surface area contributed by atoms with Crippen molar-refractivity contribution in [1.29, 1.82) is 0 Å². The van der Waals surface area contributed by atoms with Crippen molar-refractivity contribution in [3.8, 4) is 17.0 Å². The van der Waals surface area contributed by atoms with Gasteiger partial charge in [0.25, 0.3) is 0 Å². The summed E-state index contributed by atoms with van der Waals surface area (Å²) in [6, 6.07) is 7.15. The van der Waals surface area contributed by atoms with Crippen molar-refractivity contribution in [2.24, 2.45) is 5.92 Å². The topological polar surface area (TPSA) is 124 Å². The number of pyridine rings is 1. The van der Waals surface area contributed by atoms with Gasteiger partial charge in [0.05, 0.1) is 41.5 Å². The monoisotopic (exact) mass is 589 g/mol. The number of ether oxygens (including phenoxy) is 3. The van der Waals surface area contributed by atoms with E-state index in [1.165, 1.54) is 4.90 Å². The summed E-state index contributed by atoms with van der Waals surface area (Å²) in [5, 5.41) is 0. The predicted molar refractivity (Wildman–Crippen MR) is 158 cm³/mol. The van der Waals surface area contributed by atoms with E-state index >= 15 is 0 Å². The Morgan fingerprint density at radius 1 is 1.15 bits per heavy atom. The zero-order valence-corrected chi connectivity index (χ0v) is 26.0. The standard InChI is InChI=1S/C30H43N3O7S/c1-8-16-33(6)30(35)38-18-25-20(4)26(32-41(7,36)37)13-12-24(25)27-14-15-28(21(5)31-27)40-23-11-9-10-22(17-23)29(34)39-19(2)3/h12-15,19,22-23,32H,8-11,16-18H2,1-7H3/t22-,23-/m0/s1. The van der Waals surface area contributed by atoms with Crippen LogP contribution in [0.2, 0.25) is 0 Å². The number of hydrogen-bond acceptors (Lipinski definition) is 8. The molecule has 0 spiro atoms. The number of aryl methyl sites for hydroxylation is 1. The van der Waals surface area contributed by atoms with Crippen molar-refractivity contribution < 1.29 is 32.2 Å². The van der Waals surface area contributed by atoms with Crippen molar-refractivity contribution in [2.45, 2.75) is 85.5 Å². The van der Waals surface area contributed by atoms with Crippen LogP contribution in [-0.2, 0) is 30.9 Å². The van der Waals surface area contributed by atoms with Gasteiger partial charge in [-0.15, -0.1) is 0 Å². The van der Waals surface area contributed by atoms with Crippen molar-refractivity contribution in [2.75, 3.05) is 24.6 Å².